The number of rotatable bonds is 7. The van der Waals surface area contributed by atoms with Gasteiger partial charge in [-0.25, -0.2) is 0 Å². The zero-order valence-corrected chi connectivity index (χ0v) is 16.1. The number of amides is 1. The zero-order valence-electron chi connectivity index (χ0n) is 14.5. The van der Waals surface area contributed by atoms with E-state index >= 15 is 0 Å². The molecule has 5 nitrogen and oxygen atoms in total. The van der Waals surface area contributed by atoms with Crippen LogP contribution in [0.5, 0.6) is 0 Å². The fourth-order valence-corrected chi connectivity index (χ4v) is 4.37. The van der Waals surface area contributed by atoms with Crippen LogP contribution in [0.25, 0.3) is 10.7 Å². The van der Waals surface area contributed by atoms with Crippen LogP contribution in [-0.4, -0.2) is 26.4 Å². The van der Waals surface area contributed by atoms with Crippen LogP contribution in [0.3, 0.4) is 0 Å². The van der Waals surface area contributed by atoms with Gasteiger partial charge in [-0.1, -0.05) is 30.0 Å². The molecule has 1 aliphatic carbocycles. The molecule has 134 valence electrons. The van der Waals surface area contributed by atoms with Crippen molar-refractivity contribution in [3.8, 4) is 10.7 Å². The summed E-state index contributed by atoms with van der Waals surface area (Å²) in [6, 6.07) is 12.2. The highest BCUT2D eigenvalue weighted by atomic mass is 32.2. The average molecular weight is 385 g/mol. The number of hydrogen-bond acceptors (Lipinski definition) is 5. The van der Waals surface area contributed by atoms with Crippen molar-refractivity contribution in [2.24, 2.45) is 0 Å². The molecule has 0 bridgehead atoms. The Bertz CT molecular complexity index is 883. The van der Waals surface area contributed by atoms with Crippen LogP contribution in [0.2, 0.25) is 0 Å². The topological polar surface area (TPSA) is 59.8 Å². The molecule has 4 rings (SSSR count). The number of benzene rings is 1. The minimum atomic E-state index is -0.0301. The van der Waals surface area contributed by atoms with Crippen LogP contribution >= 0.6 is 23.1 Å². The molecule has 1 aliphatic rings. The third-order valence-corrected chi connectivity index (χ3v) is 6.18. The average Bonchev–Trinajstić information content (AvgIpc) is 3.20. The van der Waals surface area contributed by atoms with E-state index in [4.69, 9.17) is 0 Å². The number of hydrogen-bond donors (Lipinski definition) is 1. The standard InChI is InChI=1S/C19H20N4OS2/c1-2-23-18(16-4-3-11-25-16)21-22-19(23)26-12-17(24)20-15-9-7-14(8-10-15)13-5-6-13/h3-4,7-11,13H,2,5-6,12H2,1H3,(H,20,24). The van der Waals surface area contributed by atoms with Crippen molar-refractivity contribution in [2.75, 3.05) is 11.1 Å². The molecular weight excluding hydrogens is 364 g/mol. The summed E-state index contributed by atoms with van der Waals surface area (Å²) in [5, 5.41) is 14.3. The van der Waals surface area contributed by atoms with Gasteiger partial charge in [0.15, 0.2) is 11.0 Å². The molecule has 0 radical (unpaired) electrons. The largest absolute Gasteiger partial charge is 0.325 e. The Morgan fingerprint density at radius 3 is 2.73 bits per heavy atom. The predicted molar refractivity (Wildman–Crippen MR) is 107 cm³/mol. The maximum absolute atomic E-state index is 12.3. The van der Waals surface area contributed by atoms with Crippen molar-refractivity contribution in [3.63, 3.8) is 0 Å². The molecule has 0 unspecified atom stereocenters. The Kier molecular flexibility index (Phi) is 5.08. The van der Waals surface area contributed by atoms with Gasteiger partial charge < -0.3 is 9.88 Å². The SMILES string of the molecule is CCn1c(SCC(=O)Nc2ccc(C3CC3)cc2)nnc1-c1cccs1. The smallest absolute Gasteiger partial charge is 0.234 e. The maximum atomic E-state index is 12.3. The Hall–Kier alpha value is -2.12. The summed E-state index contributed by atoms with van der Waals surface area (Å²) < 4.78 is 2.05. The number of aromatic nitrogens is 3. The molecule has 0 saturated heterocycles. The van der Waals surface area contributed by atoms with E-state index in [2.05, 4.69) is 34.6 Å². The third kappa shape index (κ3) is 3.83. The van der Waals surface area contributed by atoms with Crippen molar-refractivity contribution in [3.05, 3.63) is 47.3 Å². The van der Waals surface area contributed by atoms with Crippen LogP contribution in [0.4, 0.5) is 5.69 Å². The van der Waals surface area contributed by atoms with Gasteiger partial charge in [-0.2, -0.15) is 0 Å². The van der Waals surface area contributed by atoms with Crippen molar-refractivity contribution in [1.82, 2.24) is 14.8 Å². The zero-order chi connectivity index (χ0) is 17.9. The minimum Gasteiger partial charge on any atom is -0.325 e. The van der Waals surface area contributed by atoms with Gasteiger partial charge in [0.05, 0.1) is 10.6 Å². The number of nitrogens with zero attached hydrogens (tertiary/aromatic N) is 3. The summed E-state index contributed by atoms with van der Waals surface area (Å²) in [6.07, 6.45) is 2.57. The lowest BCUT2D eigenvalue weighted by atomic mass is 10.1. The number of anilines is 1. The fourth-order valence-electron chi connectivity index (χ4n) is 2.85. The molecule has 2 heterocycles. The monoisotopic (exact) mass is 384 g/mol. The highest BCUT2D eigenvalue weighted by molar-refractivity contribution is 7.99. The Morgan fingerprint density at radius 2 is 2.08 bits per heavy atom. The van der Waals surface area contributed by atoms with Gasteiger partial charge in [0, 0.05) is 12.2 Å². The highest BCUT2D eigenvalue weighted by Gasteiger charge is 2.23. The van der Waals surface area contributed by atoms with Gasteiger partial charge in [0.2, 0.25) is 5.91 Å². The number of thioether (sulfide) groups is 1. The molecule has 1 saturated carbocycles. The first-order valence-electron chi connectivity index (χ1n) is 8.74. The fraction of sp³-hybridized carbons (Fsp3) is 0.316. The highest BCUT2D eigenvalue weighted by Crippen LogP contribution is 2.40. The minimum absolute atomic E-state index is 0.0301. The van der Waals surface area contributed by atoms with Crippen molar-refractivity contribution in [1.29, 1.82) is 0 Å². The van der Waals surface area contributed by atoms with E-state index in [1.165, 1.54) is 30.2 Å². The van der Waals surface area contributed by atoms with Gasteiger partial charge in [-0.05, 0) is 54.8 Å². The van der Waals surface area contributed by atoms with Crippen LogP contribution in [0, 0.1) is 0 Å². The second-order valence-corrected chi connectivity index (χ2v) is 8.15. The summed E-state index contributed by atoms with van der Waals surface area (Å²) in [7, 11) is 0. The van der Waals surface area contributed by atoms with E-state index in [0.717, 1.165) is 34.0 Å². The van der Waals surface area contributed by atoms with Crippen molar-refractivity contribution < 1.29 is 4.79 Å². The van der Waals surface area contributed by atoms with Crippen LogP contribution < -0.4 is 5.32 Å². The Balaban J connectivity index is 1.36. The molecule has 1 aromatic carbocycles. The van der Waals surface area contributed by atoms with Crippen LogP contribution in [0.1, 0.15) is 31.2 Å². The molecule has 0 atom stereocenters. The summed E-state index contributed by atoms with van der Waals surface area (Å²) in [4.78, 5) is 13.4. The molecule has 0 aliphatic heterocycles. The van der Waals surface area contributed by atoms with E-state index in [0.29, 0.717) is 5.75 Å². The van der Waals surface area contributed by atoms with Crippen molar-refractivity contribution in [2.45, 2.75) is 37.4 Å². The van der Waals surface area contributed by atoms with Gasteiger partial charge in [-0.15, -0.1) is 21.5 Å². The lowest BCUT2D eigenvalue weighted by Gasteiger charge is -2.07. The van der Waals surface area contributed by atoms with Gasteiger partial charge in [-0.3, -0.25) is 4.79 Å². The maximum Gasteiger partial charge on any atom is 0.234 e. The van der Waals surface area contributed by atoms with E-state index in [1.807, 2.05) is 34.2 Å². The van der Waals surface area contributed by atoms with E-state index < -0.39 is 0 Å². The number of carbonyl (C=O) groups is 1. The Morgan fingerprint density at radius 1 is 1.27 bits per heavy atom. The Labute approximate surface area is 160 Å². The first kappa shape index (κ1) is 17.3. The lowest BCUT2D eigenvalue weighted by Crippen LogP contribution is -2.14. The van der Waals surface area contributed by atoms with Crippen molar-refractivity contribution >= 4 is 34.7 Å². The summed E-state index contributed by atoms with van der Waals surface area (Å²) in [5.41, 5.74) is 2.21. The molecule has 7 heteroatoms. The molecule has 1 amide bonds. The van der Waals surface area contributed by atoms with E-state index in [-0.39, 0.29) is 5.91 Å². The van der Waals surface area contributed by atoms with Crippen LogP contribution in [-0.2, 0) is 11.3 Å². The second-order valence-electron chi connectivity index (χ2n) is 6.26. The first-order chi connectivity index (χ1) is 12.7. The number of carbonyl (C=O) groups excluding carboxylic acids is 1. The molecular formula is C19H20N4OS2. The molecule has 2 aromatic heterocycles. The molecule has 26 heavy (non-hydrogen) atoms. The summed E-state index contributed by atoms with van der Waals surface area (Å²) in [5.74, 6) is 1.87. The number of nitrogens with one attached hydrogen (secondary N) is 1. The van der Waals surface area contributed by atoms with Gasteiger partial charge >= 0.3 is 0 Å². The second kappa shape index (κ2) is 7.63. The van der Waals surface area contributed by atoms with Gasteiger partial charge in [0.1, 0.15) is 0 Å². The molecule has 0 spiro atoms. The summed E-state index contributed by atoms with van der Waals surface area (Å²) >= 11 is 3.06. The van der Waals surface area contributed by atoms with Crippen LogP contribution in [0.15, 0.2) is 46.9 Å². The normalized spacial score (nSPS) is 13.7. The predicted octanol–water partition coefficient (Wildman–Crippen LogP) is 4.63. The number of thiophene rings is 1. The quantitative estimate of drug-likeness (QED) is 0.603. The third-order valence-electron chi connectivity index (χ3n) is 4.35. The lowest BCUT2D eigenvalue weighted by molar-refractivity contribution is -0.113. The summed E-state index contributed by atoms with van der Waals surface area (Å²) in [6.45, 7) is 2.83. The van der Waals surface area contributed by atoms with Gasteiger partial charge in [0.25, 0.3) is 0 Å². The van der Waals surface area contributed by atoms with E-state index in [1.54, 1.807) is 11.3 Å². The van der Waals surface area contributed by atoms with E-state index in [9.17, 15) is 4.79 Å². The molecule has 1 N–H and O–H groups in total. The first-order valence-corrected chi connectivity index (χ1v) is 10.6. The molecule has 1 fully saturated rings. The molecule has 3 aromatic rings.